The number of nitriles is 1. The van der Waals surface area contributed by atoms with Crippen molar-refractivity contribution in [1.29, 1.82) is 5.26 Å². The van der Waals surface area contributed by atoms with Crippen molar-refractivity contribution in [2.75, 3.05) is 0 Å². The summed E-state index contributed by atoms with van der Waals surface area (Å²) in [6.07, 6.45) is -0.724. The van der Waals surface area contributed by atoms with Crippen molar-refractivity contribution < 1.29 is 9.53 Å². The molecule has 25 heavy (non-hydrogen) atoms. The first kappa shape index (κ1) is 16.9. The van der Waals surface area contributed by atoms with Gasteiger partial charge in [-0.3, -0.25) is 4.79 Å². The van der Waals surface area contributed by atoms with E-state index in [1.165, 1.54) is 17.4 Å². The third-order valence-corrected chi connectivity index (χ3v) is 5.05. The van der Waals surface area contributed by atoms with E-state index in [4.69, 9.17) is 10.00 Å². The average Bonchev–Trinajstić information content (AvgIpc) is 2.89. The number of nitrogens with zero attached hydrogens (tertiary/aromatic N) is 2. The lowest BCUT2D eigenvalue weighted by Crippen LogP contribution is -2.17. The molecule has 0 unspecified atom stereocenters. The van der Waals surface area contributed by atoms with Crippen molar-refractivity contribution in [2.24, 2.45) is 0 Å². The van der Waals surface area contributed by atoms with Crippen LogP contribution in [0.15, 0.2) is 29.1 Å². The number of aromatic nitrogens is 2. The molecule has 0 saturated carbocycles. The van der Waals surface area contributed by atoms with Gasteiger partial charge in [0.05, 0.1) is 22.6 Å². The van der Waals surface area contributed by atoms with Crippen LogP contribution >= 0.6 is 11.3 Å². The van der Waals surface area contributed by atoms with Crippen molar-refractivity contribution in [2.45, 2.75) is 26.9 Å². The van der Waals surface area contributed by atoms with Crippen LogP contribution in [0.1, 0.15) is 45.2 Å². The topological polar surface area (TPSA) is 95.8 Å². The number of hydrogen-bond acceptors (Lipinski definition) is 6. The van der Waals surface area contributed by atoms with E-state index in [0.29, 0.717) is 21.6 Å². The smallest absolute Gasteiger partial charge is 0.338 e. The van der Waals surface area contributed by atoms with Gasteiger partial charge in [0.25, 0.3) is 5.56 Å². The van der Waals surface area contributed by atoms with Gasteiger partial charge in [-0.15, -0.1) is 11.3 Å². The van der Waals surface area contributed by atoms with E-state index < -0.39 is 12.1 Å². The van der Waals surface area contributed by atoms with Gasteiger partial charge in [-0.25, -0.2) is 9.78 Å². The molecule has 0 aliphatic carbocycles. The first-order valence-corrected chi connectivity index (χ1v) is 8.43. The van der Waals surface area contributed by atoms with Crippen LogP contribution in [0.2, 0.25) is 0 Å². The molecule has 2 aromatic heterocycles. The fraction of sp³-hybridized carbons (Fsp3) is 0.222. The van der Waals surface area contributed by atoms with Gasteiger partial charge in [-0.1, -0.05) is 6.07 Å². The number of hydrogen-bond donors (Lipinski definition) is 1. The second-order valence-electron chi connectivity index (χ2n) is 5.65. The number of H-pyrrole nitrogens is 1. The lowest BCUT2D eigenvalue weighted by atomic mass is 10.1. The van der Waals surface area contributed by atoms with Crippen LogP contribution < -0.4 is 5.56 Å². The maximum atomic E-state index is 12.3. The van der Waals surface area contributed by atoms with Crippen LogP contribution in [0, 0.1) is 25.2 Å². The minimum atomic E-state index is -0.724. The van der Waals surface area contributed by atoms with E-state index in [9.17, 15) is 9.59 Å². The molecular formula is C18H15N3O3S. The van der Waals surface area contributed by atoms with Crippen molar-refractivity contribution in [1.82, 2.24) is 9.97 Å². The summed E-state index contributed by atoms with van der Waals surface area (Å²) < 4.78 is 5.39. The molecule has 0 aliphatic rings. The summed E-state index contributed by atoms with van der Waals surface area (Å²) in [6.45, 7) is 5.46. The van der Waals surface area contributed by atoms with Gasteiger partial charge in [0.15, 0.2) is 11.9 Å². The second-order valence-corrected chi connectivity index (χ2v) is 6.86. The average molecular weight is 353 g/mol. The Kier molecular flexibility index (Phi) is 4.38. The molecule has 1 aromatic carbocycles. The first-order chi connectivity index (χ1) is 11.9. The Morgan fingerprint density at radius 1 is 1.40 bits per heavy atom. The predicted octanol–water partition coefficient (Wildman–Crippen LogP) is 3.39. The van der Waals surface area contributed by atoms with E-state index >= 15 is 0 Å². The van der Waals surface area contributed by atoms with E-state index in [1.807, 2.05) is 19.9 Å². The highest BCUT2D eigenvalue weighted by atomic mass is 32.1. The molecular weight excluding hydrogens is 338 g/mol. The number of thiophene rings is 1. The molecule has 0 amide bonds. The van der Waals surface area contributed by atoms with Gasteiger partial charge in [0, 0.05) is 4.88 Å². The molecule has 3 aromatic rings. The zero-order valence-corrected chi connectivity index (χ0v) is 14.7. The zero-order valence-electron chi connectivity index (χ0n) is 13.9. The Labute approximate surface area is 147 Å². The lowest BCUT2D eigenvalue weighted by molar-refractivity contribution is 0.0320. The largest absolute Gasteiger partial charge is 0.451 e. The summed E-state index contributed by atoms with van der Waals surface area (Å²) >= 11 is 1.44. The molecule has 7 heteroatoms. The number of rotatable bonds is 3. The Morgan fingerprint density at radius 2 is 2.16 bits per heavy atom. The molecule has 0 bridgehead atoms. The van der Waals surface area contributed by atoms with Gasteiger partial charge in [0.1, 0.15) is 4.83 Å². The Morgan fingerprint density at radius 3 is 2.88 bits per heavy atom. The van der Waals surface area contributed by atoms with Crippen LogP contribution in [0.25, 0.3) is 10.2 Å². The molecule has 126 valence electrons. The van der Waals surface area contributed by atoms with Gasteiger partial charge in [-0.2, -0.15) is 5.26 Å². The van der Waals surface area contributed by atoms with Crippen molar-refractivity contribution in [3.8, 4) is 6.07 Å². The number of benzene rings is 1. The second kappa shape index (κ2) is 6.49. The normalized spacial score (nSPS) is 11.9. The maximum absolute atomic E-state index is 12.3. The summed E-state index contributed by atoms with van der Waals surface area (Å²) in [7, 11) is 0. The summed E-state index contributed by atoms with van der Waals surface area (Å²) in [5.74, 6) is -0.283. The van der Waals surface area contributed by atoms with E-state index in [1.54, 1.807) is 25.1 Å². The number of esters is 1. The molecule has 0 aliphatic heterocycles. The minimum Gasteiger partial charge on any atom is -0.451 e. The number of fused-ring (bicyclic) bond motifs is 1. The highest BCUT2D eigenvalue weighted by molar-refractivity contribution is 7.18. The monoisotopic (exact) mass is 353 g/mol. The first-order valence-electron chi connectivity index (χ1n) is 7.61. The Bertz CT molecular complexity index is 1080. The Balaban J connectivity index is 1.89. The third-order valence-electron chi connectivity index (χ3n) is 3.95. The maximum Gasteiger partial charge on any atom is 0.338 e. The molecule has 6 nitrogen and oxygen atoms in total. The summed E-state index contributed by atoms with van der Waals surface area (Å²) in [5.41, 5.74) is 1.33. The van der Waals surface area contributed by atoms with E-state index in [0.717, 1.165) is 10.4 Å². The van der Waals surface area contributed by atoms with E-state index in [2.05, 4.69) is 9.97 Å². The van der Waals surface area contributed by atoms with Crippen LogP contribution in [0.5, 0.6) is 0 Å². The highest BCUT2D eigenvalue weighted by Crippen LogP contribution is 2.27. The van der Waals surface area contributed by atoms with Crippen LogP contribution in [-0.2, 0) is 4.74 Å². The standard InChI is InChI=1S/C18H15N3O3S/c1-9-11(3)25-17-14(9)16(22)20-15(21-17)10(2)24-18(23)13-6-4-5-12(7-13)8-19/h4-7,10H,1-3H3,(H,20,21,22)/t10-/m0/s1. The number of nitrogens with one attached hydrogen (secondary N) is 1. The van der Waals surface area contributed by atoms with Crippen LogP contribution in [-0.4, -0.2) is 15.9 Å². The van der Waals surface area contributed by atoms with Crippen molar-refractivity contribution in [3.63, 3.8) is 0 Å². The quantitative estimate of drug-likeness (QED) is 0.728. The molecule has 0 saturated heterocycles. The van der Waals surface area contributed by atoms with Crippen molar-refractivity contribution in [3.05, 3.63) is 62.0 Å². The molecule has 1 N–H and O–H groups in total. The summed E-state index contributed by atoms with van der Waals surface area (Å²) in [6, 6.07) is 8.23. The zero-order chi connectivity index (χ0) is 18.1. The Hall–Kier alpha value is -2.98. The van der Waals surface area contributed by atoms with Gasteiger partial charge < -0.3 is 9.72 Å². The molecule has 0 fully saturated rings. The number of carbonyl (C=O) groups excluding carboxylic acids is 1. The molecule has 2 heterocycles. The molecule has 0 radical (unpaired) electrons. The number of ether oxygens (including phenoxy) is 1. The lowest BCUT2D eigenvalue weighted by Gasteiger charge is -2.12. The van der Waals surface area contributed by atoms with E-state index in [-0.39, 0.29) is 11.1 Å². The highest BCUT2D eigenvalue weighted by Gasteiger charge is 2.19. The van der Waals surface area contributed by atoms with Crippen LogP contribution in [0.4, 0.5) is 0 Å². The van der Waals surface area contributed by atoms with Crippen molar-refractivity contribution >= 4 is 27.5 Å². The number of carbonyl (C=O) groups is 1. The van der Waals surface area contributed by atoms with Gasteiger partial charge >= 0.3 is 5.97 Å². The van der Waals surface area contributed by atoms with Crippen LogP contribution in [0.3, 0.4) is 0 Å². The molecule has 0 spiro atoms. The summed E-state index contributed by atoms with van der Waals surface area (Å²) in [4.78, 5) is 33.4. The number of aryl methyl sites for hydroxylation is 2. The third kappa shape index (κ3) is 3.16. The van der Waals surface area contributed by atoms with Gasteiger partial charge in [0.2, 0.25) is 0 Å². The number of aromatic amines is 1. The minimum absolute atomic E-state index is 0.240. The molecule has 3 rings (SSSR count). The van der Waals surface area contributed by atoms with Gasteiger partial charge in [-0.05, 0) is 44.5 Å². The SMILES string of the molecule is Cc1sc2nc([C@H](C)OC(=O)c3cccc(C#N)c3)[nH]c(=O)c2c1C. The fourth-order valence-electron chi connectivity index (χ4n) is 2.46. The molecule has 1 atom stereocenters. The predicted molar refractivity (Wildman–Crippen MR) is 94.7 cm³/mol. The fourth-order valence-corrected chi connectivity index (χ4v) is 3.50. The summed E-state index contributed by atoms with van der Waals surface area (Å²) in [5, 5.41) is 9.48.